The van der Waals surface area contributed by atoms with Crippen LogP contribution in [0.5, 0.6) is 0 Å². The summed E-state index contributed by atoms with van der Waals surface area (Å²) in [5.41, 5.74) is 4.93. The lowest BCUT2D eigenvalue weighted by molar-refractivity contribution is -0.136. The van der Waals surface area contributed by atoms with Gasteiger partial charge in [-0.15, -0.1) is 0 Å². The van der Waals surface area contributed by atoms with Crippen LogP contribution in [0.4, 0.5) is 21.5 Å². The van der Waals surface area contributed by atoms with Crippen molar-refractivity contribution >= 4 is 64.2 Å². The van der Waals surface area contributed by atoms with Crippen molar-refractivity contribution in [2.75, 3.05) is 67.9 Å². The van der Waals surface area contributed by atoms with E-state index in [0.29, 0.717) is 39.7 Å². The second-order valence-corrected chi connectivity index (χ2v) is 14.7. The summed E-state index contributed by atoms with van der Waals surface area (Å²) < 4.78 is 13.9. The first-order valence-corrected chi connectivity index (χ1v) is 18.4. The fourth-order valence-corrected chi connectivity index (χ4v) is 8.16. The Morgan fingerprint density at radius 3 is 2.37 bits per heavy atom. The Morgan fingerprint density at radius 1 is 0.870 bits per heavy atom. The van der Waals surface area contributed by atoms with Crippen LogP contribution in [-0.4, -0.2) is 114 Å². The van der Waals surface area contributed by atoms with Gasteiger partial charge in [0.05, 0.1) is 28.9 Å². The second-order valence-electron chi connectivity index (χ2n) is 14.7. The number of rotatable bonds is 8. The Morgan fingerprint density at radius 2 is 1.61 bits per heavy atom. The van der Waals surface area contributed by atoms with E-state index in [4.69, 9.17) is 0 Å². The first kappa shape index (κ1) is 35.4. The molecule has 14 nitrogen and oxygen atoms in total. The summed E-state index contributed by atoms with van der Waals surface area (Å²) in [6.07, 6.45) is 5.55. The average molecular weight is 737 g/mol. The van der Waals surface area contributed by atoms with Gasteiger partial charge >= 0.3 is 0 Å². The summed E-state index contributed by atoms with van der Waals surface area (Å²) >= 11 is 0. The first-order chi connectivity index (χ1) is 26.0. The molecule has 5 aliphatic rings. The molecule has 0 saturated carbocycles. The Labute approximate surface area is 310 Å². The minimum atomic E-state index is -0.983. The van der Waals surface area contributed by atoms with Crippen molar-refractivity contribution in [3.8, 4) is 0 Å². The molecule has 1 atom stereocenters. The molecule has 8 rings (SSSR count). The van der Waals surface area contributed by atoms with Gasteiger partial charge < -0.3 is 25.4 Å². The molecule has 4 N–H and O–H groups in total. The van der Waals surface area contributed by atoms with E-state index in [9.17, 15) is 33.2 Å². The van der Waals surface area contributed by atoms with E-state index in [1.165, 1.54) is 18.2 Å². The number of carbonyl (C=O) groups is 6. The topological polar surface area (TPSA) is 167 Å². The van der Waals surface area contributed by atoms with Crippen molar-refractivity contribution in [2.45, 2.75) is 38.6 Å². The minimum absolute atomic E-state index is 0.0824. The molecule has 15 heteroatoms. The number of piperazine rings is 1. The number of halogens is 1. The molecule has 0 radical (unpaired) electrons. The molecule has 5 aliphatic heterocycles. The Kier molecular flexibility index (Phi) is 9.36. The maximum absolute atomic E-state index is 13.9. The van der Waals surface area contributed by atoms with Crippen LogP contribution < -0.4 is 20.9 Å². The van der Waals surface area contributed by atoms with Crippen LogP contribution in [0, 0.1) is 18.7 Å². The van der Waals surface area contributed by atoms with Gasteiger partial charge in [-0.05, 0) is 80.1 Å². The molecule has 3 aromatic rings. The lowest BCUT2D eigenvalue weighted by atomic mass is 9.95. The average Bonchev–Trinajstić information content (AvgIpc) is 3.74. The minimum Gasteiger partial charge on any atom is -0.371 e. The Bertz CT molecular complexity index is 2110. The van der Waals surface area contributed by atoms with Gasteiger partial charge in [-0.1, -0.05) is 0 Å². The predicted octanol–water partition coefficient (Wildman–Crippen LogP) is 2.83. The number of hydrogen-bond donors (Lipinski definition) is 4. The number of carbonyl (C=O) groups excluding carboxylic acids is 6. The van der Waals surface area contributed by atoms with E-state index in [-0.39, 0.29) is 36.8 Å². The number of nitrogens with zero attached hydrogens (tertiary/aromatic N) is 4. The fraction of sp³-hybridized carbons (Fsp3) is 0.385. The molecule has 6 heterocycles. The Balaban J connectivity index is 0.788. The lowest BCUT2D eigenvalue weighted by Gasteiger charge is -2.39. The van der Waals surface area contributed by atoms with Crippen LogP contribution in [0.25, 0.3) is 11.6 Å². The molecule has 3 saturated heterocycles. The summed E-state index contributed by atoms with van der Waals surface area (Å²) in [5.74, 6) is -2.36. The first-order valence-electron chi connectivity index (χ1n) is 18.4. The molecule has 3 fully saturated rings. The van der Waals surface area contributed by atoms with Gasteiger partial charge in [0.15, 0.2) is 0 Å². The standard InChI is InChI=1S/C39H41FN8O6/c1-22-31(18-28-27-16-24(40)2-5-30(27)43-36(28)51)41-19-32(22)42-35(50)21-46-14-12-45(13-15-46)20-23-8-10-47(11-9-23)25-3-4-26-29(17-25)39(54)48(38(26)53)33-6-7-34(49)44-37(33)52/h2-5,16-19,23,33,41H,6-15,20-21H2,1H3,(H,42,50)(H,43,51)(H,44,49,52)/b28-18-. The molecule has 6 amide bonds. The van der Waals surface area contributed by atoms with Gasteiger partial charge in [-0.2, -0.15) is 0 Å². The molecule has 0 bridgehead atoms. The number of H-pyrrole nitrogens is 1. The van der Waals surface area contributed by atoms with Crippen molar-refractivity contribution in [1.82, 2.24) is 25.0 Å². The third-order valence-corrected chi connectivity index (χ3v) is 11.3. The Hall–Kier alpha value is -5.67. The lowest BCUT2D eigenvalue weighted by Crippen LogP contribution is -2.54. The van der Waals surface area contributed by atoms with Gasteiger partial charge in [0.25, 0.3) is 17.7 Å². The van der Waals surface area contributed by atoms with Crippen LogP contribution in [0.2, 0.25) is 0 Å². The summed E-state index contributed by atoms with van der Waals surface area (Å²) in [5, 5.41) is 7.97. The number of hydrogen-bond acceptors (Lipinski definition) is 9. The maximum Gasteiger partial charge on any atom is 0.262 e. The van der Waals surface area contributed by atoms with Gasteiger partial charge in [0.2, 0.25) is 17.7 Å². The van der Waals surface area contributed by atoms with Gasteiger partial charge in [-0.3, -0.25) is 43.9 Å². The summed E-state index contributed by atoms with van der Waals surface area (Å²) in [6.45, 7) is 8.01. The normalized spacial score (nSPS) is 21.8. The van der Waals surface area contributed by atoms with E-state index in [1.54, 1.807) is 24.4 Å². The highest BCUT2D eigenvalue weighted by Gasteiger charge is 2.45. The van der Waals surface area contributed by atoms with Crippen LogP contribution >= 0.6 is 0 Å². The number of aromatic nitrogens is 1. The number of fused-ring (bicyclic) bond motifs is 2. The van der Waals surface area contributed by atoms with Gasteiger partial charge in [0, 0.05) is 81.1 Å². The largest absolute Gasteiger partial charge is 0.371 e. The van der Waals surface area contributed by atoms with E-state index in [2.05, 4.69) is 35.6 Å². The van der Waals surface area contributed by atoms with E-state index in [0.717, 1.165) is 74.8 Å². The number of aromatic amines is 1. The molecule has 2 aromatic carbocycles. The SMILES string of the molecule is Cc1c(NC(=O)CN2CCN(CC3CCN(c4ccc5c(c4)C(=O)N(C4CCC(=O)NC4=O)C5=O)CC3)CC2)c[nH]c1/C=C1\C(=O)Nc2ccc(F)cc21. The molecule has 1 unspecified atom stereocenters. The van der Waals surface area contributed by atoms with Crippen LogP contribution in [0.15, 0.2) is 42.6 Å². The molecular formula is C39H41FN8O6. The second kappa shape index (κ2) is 14.3. The quantitative estimate of drug-likeness (QED) is 0.201. The highest BCUT2D eigenvalue weighted by molar-refractivity contribution is 6.35. The highest BCUT2D eigenvalue weighted by atomic mass is 19.1. The summed E-state index contributed by atoms with van der Waals surface area (Å²) in [4.78, 5) is 86.9. The number of amides is 6. The van der Waals surface area contributed by atoms with Gasteiger partial charge in [-0.25, -0.2) is 4.39 Å². The third kappa shape index (κ3) is 6.80. The highest BCUT2D eigenvalue weighted by Crippen LogP contribution is 2.35. The zero-order valence-corrected chi connectivity index (χ0v) is 29.9. The molecule has 0 spiro atoms. The van der Waals surface area contributed by atoms with Gasteiger partial charge in [0.1, 0.15) is 11.9 Å². The van der Waals surface area contributed by atoms with E-state index in [1.807, 2.05) is 13.0 Å². The van der Waals surface area contributed by atoms with E-state index >= 15 is 0 Å². The van der Waals surface area contributed by atoms with Crippen molar-refractivity contribution in [1.29, 1.82) is 0 Å². The molecular weight excluding hydrogens is 695 g/mol. The zero-order valence-electron chi connectivity index (χ0n) is 29.9. The summed E-state index contributed by atoms with van der Waals surface area (Å²) in [6, 6.07) is 8.47. The van der Waals surface area contributed by atoms with Crippen molar-refractivity contribution in [2.24, 2.45) is 5.92 Å². The van der Waals surface area contributed by atoms with Crippen molar-refractivity contribution in [3.05, 3.63) is 76.4 Å². The van der Waals surface area contributed by atoms with Crippen molar-refractivity contribution < 1.29 is 33.2 Å². The van der Waals surface area contributed by atoms with Crippen LogP contribution in [-0.2, 0) is 19.2 Å². The number of piperidine rings is 2. The van der Waals surface area contributed by atoms with Crippen molar-refractivity contribution in [3.63, 3.8) is 0 Å². The fourth-order valence-electron chi connectivity index (χ4n) is 8.16. The molecule has 280 valence electrons. The predicted molar refractivity (Wildman–Crippen MR) is 198 cm³/mol. The molecule has 54 heavy (non-hydrogen) atoms. The van der Waals surface area contributed by atoms with Crippen LogP contribution in [0.3, 0.4) is 0 Å². The smallest absolute Gasteiger partial charge is 0.262 e. The molecule has 1 aromatic heterocycles. The maximum atomic E-state index is 13.9. The monoisotopic (exact) mass is 736 g/mol. The summed E-state index contributed by atoms with van der Waals surface area (Å²) in [7, 11) is 0. The number of benzene rings is 2. The van der Waals surface area contributed by atoms with Crippen LogP contribution in [0.1, 0.15) is 63.2 Å². The zero-order chi connectivity index (χ0) is 37.7. The number of imide groups is 2. The number of anilines is 3. The third-order valence-electron chi connectivity index (χ3n) is 11.3. The number of nitrogens with one attached hydrogen (secondary N) is 4. The molecule has 0 aliphatic carbocycles. The van der Waals surface area contributed by atoms with E-state index < -0.39 is 35.5 Å².